The Balaban J connectivity index is 2.00. The van der Waals surface area contributed by atoms with E-state index in [1.807, 2.05) is 0 Å². The molecular weight excluding hydrogens is 259 g/mol. The minimum Gasteiger partial charge on any atom is -0.478 e. The van der Waals surface area contributed by atoms with Gasteiger partial charge < -0.3 is 14.9 Å². The molecule has 0 bridgehead atoms. The summed E-state index contributed by atoms with van der Waals surface area (Å²) in [5.41, 5.74) is 0.507. The third-order valence-electron chi connectivity index (χ3n) is 3.79. The zero-order valence-electron chi connectivity index (χ0n) is 12.0. The van der Waals surface area contributed by atoms with Gasteiger partial charge in [-0.25, -0.2) is 9.18 Å². The van der Waals surface area contributed by atoms with Gasteiger partial charge in [-0.15, -0.1) is 0 Å². The largest absolute Gasteiger partial charge is 0.478 e. The van der Waals surface area contributed by atoms with E-state index in [-0.39, 0.29) is 5.56 Å². The summed E-state index contributed by atoms with van der Waals surface area (Å²) < 4.78 is 13.7. The summed E-state index contributed by atoms with van der Waals surface area (Å²) in [5.74, 6) is -1.20. The van der Waals surface area contributed by atoms with E-state index in [9.17, 15) is 9.18 Å². The standard InChI is InChI=1S/C15H21FN2O2/c1-17(2)10-11-5-7-18(8-6-11)12-3-4-13(15(19)20)14(16)9-12/h3-4,9,11H,5-8,10H2,1-2H3,(H,19,20). The number of rotatable bonds is 4. The maximum atomic E-state index is 13.7. The molecule has 1 aromatic rings. The van der Waals surface area contributed by atoms with Crippen molar-refractivity contribution < 1.29 is 14.3 Å². The molecule has 1 fully saturated rings. The van der Waals surface area contributed by atoms with E-state index in [0.717, 1.165) is 38.2 Å². The summed E-state index contributed by atoms with van der Waals surface area (Å²) in [4.78, 5) is 15.1. The predicted molar refractivity (Wildman–Crippen MR) is 76.9 cm³/mol. The van der Waals surface area contributed by atoms with Gasteiger partial charge in [-0.3, -0.25) is 0 Å². The molecule has 0 saturated carbocycles. The van der Waals surface area contributed by atoms with Gasteiger partial charge in [-0.1, -0.05) is 0 Å². The molecule has 1 heterocycles. The van der Waals surface area contributed by atoms with Gasteiger partial charge in [-0.2, -0.15) is 0 Å². The summed E-state index contributed by atoms with van der Waals surface area (Å²) in [7, 11) is 4.15. The number of anilines is 1. The predicted octanol–water partition coefficient (Wildman–Crippen LogP) is 2.30. The molecule has 0 unspecified atom stereocenters. The first-order valence-corrected chi connectivity index (χ1v) is 6.90. The van der Waals surface area contributed by atoms with Crippen LogP contribution in [0.4, 0.5) is 10.1 Å². The maximum absolute atomic E-state index is 13.7. The molecule has 4 nitrogen and oxygen atoms in total. The van der Waals surface area contributed by atoms with Gasteiger partial charge in [0.2, 0.25) is 0 Å². The molecule has 1 aliphatic heterocycles. The molecule has 0 spiro atoms. The van der Waals surface area contributed by atoms with Crippen LogP contribution < -0.4 is 4.90 Å². The molecule has 5 heteroatoms. The third-order valence-corrected chi connectivity index (χ3v) is 3.79. The van der Waals surface area contributed by atoms with Crippen LogP contribution in [0.2, 0.25) is 0 Å². The Morgan fingerprint density at radius 3 is 2.55 bits per heavy atom. The summed E-state index contributed by atoms with van der Waals surface area (Å²) in [5, 5.41) is 8.83. The molecule has 20 heavy (non-hydrogen) atoms. The third kappa shape index (κ3) is 3.48. The fourth-order valence-electron chi connectivity index (χ4n) is 2.76. The fourth-order valence-corrected chi connectivity index (χ4v) is 2.76. The molecule has 0 aromatic heterocycles. The highest BCUT2D eigenvalue weighted by molar-refractivity contribution is 5.88. The SMILES string of the molecule is CN(C)CC1CCN(c2ccc(C(=O)O)c(F)c2)CC1. The molecule has 0 radical (unpaired) electrons. The van der Waals surface area contributed by atoms with Crippen molar-refractivity contribution in [3.63, 3.8) is 0 Å². The monoisotopic (exact) mass is 280 g/mol. The van der Waals surface area contributed by atoms with Gasteiger partial charge in [0.1, 0.15) is 5.82 Å². The summed E-state index contributed by atoms with van der Waals surface area (Å²) in [6.07, 6.45) is 2.17. The summed E-state index contributed by atoms with van der Waals surface area (Å²) in [6, 6.07) is 4.37. The van der Waals surface area contributed by atoms with E-state index >= 15 is 0 Å². The Bertz CT molecular complexity index is 483. The number of nitrogens with zero attached hydrogens (tertiary/aromatic N) is 2. The van der Waals surface area contributed by atoms with Gasteiger partial charge in [0.25, 0.3) is 0 Å². The van der Waals surface area contributed by atoms with Crippen LogP contribution >= 0.6 is 0 Å². The van der Waals surface area contributed by atoms with Crippen LogP contribution in [0, 0.1) is 11.7 Å². The minimum atomic E-state index is -1.22. The van der Waals surface area contributed by atoms with Crippen molar-refractivity contribution in [3.05, 3.63) is 29.6 Å². The number of piperidine rings is 1. The van der Waals surface area contributed by atoms with E-state index in [2.05, 4.69) is 23.9 Å². The van der Waals surface area contributed by atoms with Crippen molar-refractivity contribution in [1.82, 2.24) is 4.90 Å². The van der Waals surface area contributed by atoms with Crippen molar-refractivity contribution in [2.75, 3.05) is 38.6 Å². The molecule has 1 aliphatic rings. The number of hydrogen-bond acceptors (Lipinski definition) is 3. The van der Waals surface area contributed by atoms with Crippen LogP contribution in [0.15, 0.2) is 18.2 Å². The van der Waals surface area contributed by atoms with Crippen LogP contribution in [-0.2, 0) is 0 Å². The Hall–Kier alpha value is -1.62. The topological polar surface area (TPSA) is 43.8 Å². The second kappa shape index (κ2) is 6.22. The van der Waals surface area contributed by atoms with Crippen molar-refractivity contribution >= 4 is 11.7 Å². The van der Waals surface area contributed by atoms with Gasteiger partial charge in [-0.05, 0) is 51.1 Å². The number of hydrogen-bond donors (Lipinski definition) is 1. The lowest BCUT2D eigenvalue weighted by Gasteiger charge is -2.34. The number of carboxylic acids is 1. The van der Waals surface area contributed by atoms with Crippen molar-refractivity contribution in [2.45, 2.75) is 12.8 Å². The highest BCUT2D eigenvalue weighted by Crippen LogP contribution is 2.25. The average molecular weight is 280 g/mol. The van der Waals surface area contributed by atoms with Gasteiger partial charge >= 0.3 is 5.97 Å². The lowest BCUT2D eigenvalue weighted by atomic mass is 9.96. The Morgan fingerprint density at radius 2 is 2.05 bits per heavy atom. The summed E-state index contributed by atoms with van der Waals surface area (Å²) in [6.45, 7) is 2.87. The lowest BCUT2D eigenvalue weighted by Crippen LogP contribution is -2.37. The molecule has 2 rings (SSSR count). The average Bonchev–Trinajstić information content (AvgIpc) is 2.38. The number of carbonyl (C=O) groups is 1. The number of aromatic carboxylic acids is 1. The minimum absolute atomic E-state index is 0.267. The highest BCUT2D eigenvalue weighted by Gasteiger charge is 2.21. The van der Waals surface area contributed by atoms with Crippen LogP contribution in [0.3, 0.4) is 0 Å². The van der Waals surface area contributed by atoms with Crippen LogP contribution in [-0.4, -0.2) is 49.7 Å². The van der Waals surface area contributed by atoms with Crippen LogP contribution in [0.5, 0.6) is 0 Å². The van der Waals surface area contributed by atoms with E-state index in [0.29, 0.717) is 5.92 Å². The quantitative estimate of drug-likeness (QED) is 0.919. The first-order chi connectivity index (χ1) is 9.47. The normalized spacial score (nSPS) is 16.7. The molecule has 0 aliphatic carbocycles. The molecule has 1 aromatic carbocycles. The van der Waals surface area contributed by atoms with E-state index < -0.39 is 11.8 Å². The van der Waals surface area contributed by atoms with Crippen molar-refractivity contribution in [3.8, 4) is 0 Å². The number of carboxylic acid groups (broad SMARTS) is 1. The number of halogens is 1. The van der Waals surface area contributed by atoms with E-state index in [1.54, 1.807) is 6.07 Å². The first kappa shape index (κ1) is 14.8. The van der Waals surface area contributed by atoms with Gasteiger partial charge in [0, 0.05) is 25.3 Å². The van der Waals surface area contributed by atoms with Crippen LogP contribution in [0.25, 0.3) is 0 Å². The van der Waals surface area contributed by atoms with Gasteiger partial charge in [0.15, 0.2) is 0 Å². The van der Waals surface area contributed by atoms with E-state index in [4.69, 9.17) is 5.11 Å². The molecule has 0 amide bonds. The Morgan fingerprint density at radius 1 is 1.40 bits per heavy atom. The van der Waals surface area contributed by atoms with Gasteiger partial charge in [0.05, 0.1) is 5.56 Å². The van der Waals surface area contributed by atoms with Crippen LogP contribution in [0.1, 0.15) is 23.2 Å². The zero-order valence-corrected chi connectivity index (χ0v) is 12.0. The second-order valence-corrected chi connectivity index (χ2v) is 5.66. The zero-order chi connectivity index (χ0) is 14.7. The van der Waals surface area contributed by atoms with Crippen molar-refractivity contribution in [2.24, 2.45) is 5.92 Å². The molecular formula is C15H21FN2O2. The maximum Gasteiger partial charge on any atom is 0.338 e. The smallest absolute Gasteiger partial charge is 0.338 e. The molecule has 110 valence electrons. The molecule has 1 N–H and O–H groups in total. The van der Waals surface area contributed by atoms with E-state index in [1.165, 1.54) is 12.1 Å². The summed E-state index contributed by atoms with van der Waals surface area (Å²) >= 11 is 0. The Kier molecular flexibility index (Phi) is 4.60. The fraction of sp³-hybridized carbons (Fsp3) is 0.533. The second-order valence-electron chi connectivity index (χ2n) is 5.66. The molecule has 1 saturated heterocycles. The lowest BCUT2D eigenvalue weighted by molar-refractivity contribution is 0.0692. The highest BCUT2D eigenvalue weighted by atomic mass is 19.1. The van der Waals surface area contributed by atoms with Crippen molar-refractivity contribution in [1.29, 1.82) is 0 Å². The first-order valence-electron chi connectivity index (χ1n) is 6.90. The molecule has 0 atom stereocenters. The number of benzene rings is 1. The Labute approximate surface area is 118 Å².